The highest BCUT2D eigenvalue weighted by Crippen LogP contribution is 2.48. The van der Waals surface area contributed by atoms with Gasteiger partial charge in [0.2, 0.25) is 0 Å². The fourth-order valence-corrected chi connectivity index (χ4v) is 7.14. The van der Waals surface area contributed by atoms with Crippen LogP contribution >= 0.6 is 22.9 Å². The van der Waals surface area contributed by atoms with Crippen LogP contribution in [0.15, 0.2) is 30.3 Å². The summed E-state index contributed by atoms with van der Waals surface area (Å²) in [6, 6.07) is 10.1. The second-order valence-electron chi connectivity index (χ2n) is 11.5. The van der Waals surface area contributed by atoms with Crippen LogP contribution in [0.25, 0.3) is 22.3 Å². The monoisotopic (exact) mass is 579 g/mol. The van der Waals surface area contributed by atoms with E-state index in [1.807, 2.05) is 24.9 Å². The number of pyridine rings is 2. The minimum absolute atomic E-state index is 0.0720. The Bertz CT molecular complexity index is 1620. The Hall–Kier alpha value is -2.90. The predicted octanol–water partition coefficient (Wildman–Crippen LogP) is 8.50. The first-order valence-corrected chi connectivity index (χ1v) is 17.0. The van der Waals surface area contributed by atoms with Crippen LogP contribution < -0.4 is 4.90 Å². The van der Waals surface area contributed by atoms with Crippen molar-refractivity contribution in [3.8, 4) is 17.3 Å². The van der Waals surface area contributed by atoms with Crippen LogP contribution in [0.5, 0.6) is 0 Å². The smallest absolute Gasteiger partial charge is 0.192 e. The molecule has 0 amide bonds. The van der Waals surface area contributed by atoms with Crippen molar-refractivity contribution in [2.45, 2.75) is 64.8 Å². The summed E-state index contributed by atoms with van der Waals surface area (Å²) in [6.45, 7) is 13.2. The Morgan fingerprint density at radius 3 is 2.49 bits per heavy atom. The second-order valence-corrected chi connectivity index (χ2v) is 17.7. The summed E-state index contributed by atoms with van der Waals surface area (Å²) in [7, 11) is -0.117. The molecule has 202 valence electrons. The molecular weight excluding hydrogens is 549 g/mol. The van der Waals surface area contributed by atoms with Gasteiger partial charge in [-0.1, -0.05) is 43.7 Å². The Morgan fingerprint density at radius 2 is 1.85 bits per heavy atom. The molecule has 0 saturated carbocycles. The fraction of sp³-hybridized carbons (Fsp3) is 0.379. The Morgan fingerprint density at radius 1 is 1.15 bits per heavy atom. The molecular formula is C29H31ClFN5OSSi. The highest BCUT2D eigenvalue weighted by Gasteiger charge is 2.42. The van der Waals surface area contributed by atoms with Crippen molar-refractivity contribution < 1.29 is 8.82 Å². The van der Waals surface area contributed by atoms with Crippen molar-refractivity contribution in [2.75, 3.05) is 11.9 Å². The fourth-order valence-electron chi connectivity index (χ4n) is 4.74. The molecule has 0 radical (unpaired) electrons. The zero-order valence-electron chi connectivity index (χ0n) is 23.2. The molecule has 1 aromatic carbocycles. The molecule has 6 nitrogen and oxygen atoms in total. The highest BCUT2D eigenvalue weighted by molar-refractivity contribution is 7.16. The lowest BCUT2D eigenvalue weighted by Crippen LogP contribution is -2.41. The van der Waals surface area contributed by atoms with E-state index in [9.17, 15) is 9.65 Å². The van der Waals surface area contributed by atoms with Crippen molar-refractivity contribution in [2.24, 2.45) is 0 Å². The lowest BCUT2D eigenvalue weighted by Gasteiger charge is -2.38. The number of thiazole rings is 1. The van der Waals surface area contributed by atoms with Crippen LogP contribution in [0.4, 0.5) is 15.2 Å². The van der Waals surface area contributed by atoms with Crippen molar-refractivity contribution >= 4 is 53.1 Å². The normalized spacial score (nSPS) is 15.4. The van der Waals surface area contributed by atoms with Crippen LogP contribution in [-0.2, 0) is 10.8 Å². The second kappa shape index (κ2) is 9.93. The molecule has 0 bridgehead atoms. The van der Waals surface area contributed by atoms with Gasteiger partial charge in [-0.3, -0.25) is 0 Å². The molecule has 5 rings (SSSR count). The molecule has 10 heteroatoms. The van der Waals surface area contributed by atoms with Crippen molar-refractivity contribution in [3.05, 3.63) is 63.0 Å². The van der Waals surface area contributed by atoms with E-state index in [-0.39, 0.29) is 17.0 Å². The quantitative estimate of drug-likeness (QED) is 0.174. The molecule has 0 saturated heterocycles. The number of benzene rings is 1. The molecule has 3 aromatic heterocycles. The molecule has 0 aliphatic heterocycles. The van der Waals surface area contributed by atoms with E-state index in [0.717, 1.165) is 40.9 Å². The van der Waals surface area contributed by atoms with Gasteiger partial charge in [0.15, 0.2) is 13.4 Å². The van der Waals surface area contributed by atoms with Gasteiger partial charge in [-0.05, 0) is 73.8 Å². The number of anilines is 2. The van der Waals surface area contributed by atoms with E-state index >= 15 is 0 Å². The van der Waals surface area contributed by atoms with E-state index in [0.29, 0.717) is 31.9 Å². The molecule has 4 aromatic rings. The zero-order valence-corrected chi connectivity index (χ0v) is 25.8. The van der Waals surface area contributed by atoms with Gasteiger partial charge in [-0.15, -0.1) is 0 Å². The molecule has 0 fully saturated rings. The van der Waals surface area contributed by atoms with Crippen molar-refractivity contribution in [1.29, 1.82) is 5.26 Å². The van der Waals surface area contributed by atoms with E-state index < -0.39 is 8.32 Å². The number of hydrogen-bond donors (Lipinski definition) is 0. The third-order valence-corrected chi connectivity index (χ3v) is 13.6. The lowest BCUT2D eigenvalue weighted by molar-refractivity contribution is 0.181. The van der Waals surface area contributed by atoms with Crippen LogP contribution in [-0.4, -0.2) is 30.3 Å². The van der Waals surface area contributed by atoms with Gasteiger partial charge in [0.1, 0.15) is 33.1 Å². The number of aryl methyl sites for hydroxylation is 1. The molecule has 3 heterocycles. The molecule has 1 atom stereocenters. The van der Waals surface area contributed by atoms with Gasteiger partial charge in [-0.2, -0.15) is 5.26 Å². The van der Waals surface area contributed by atoms with Crippen LogP contribution in [0, 0.1) is 24.1 Å². The average Bonchev–Trinajstić information content (AvgIpc) is 3.46. The maximum atomic E-state index is 13.6. The van der Waals surface area contributed by atoms with Crippen molar-refractivity contribution in [1.82, 2.24) is 15.0 Å². The van der Waals surface area contributed by atoms with Gasteiger partial charge in [0, 0.05) is 18.2 Å². The van der Waals surface area contributed by atoms with Crippen LogP contribution in [0.2, 0.25) is 23.3 Å². The highest BCUT2D eigenvalue weighted by atomic mass is 35.5. The molecule has 0 spiro atoms. The average molecular weight is 580 g/mol. The third-order valence-electron chi connectivity index (χ3n) is 7.87. The van der Waals surface area contributed by atoms with E-state index in [1.54, 1.807) is 12.1 Å². The van der Waals surface area contributed by atoms with E-state index in [4.69, 9.17) is 31.0 Å². The molecule has 0 N–H and O–H groups in total. The summed E-state index contributed by atoms with van der Waals surface area (Å²) >= 11 is 7.74. The summed E-state index contributed by atoms with van der Waals surface area (Å²) in [4.78, 5) is 17.1. The van der Waals surface area contributed by atoms with Gasteiger partial charge >= 0.3 is 0 Å². The number of fused-ring (bicyclic) bond motifs is 2. The Kier molecular flexibility index (Phi) is 7.04. The first-order chi connectivity index (χ1) is 18.3. The van der Waals surface area contributed by atoms with Gasteiger partial charge in [0.25, 0.3) is 0 Å². The number of nitrogens with zero attached hydrogens (tertiary/aromatic N) is 5. The molecule has 1 aliphatic rings. The Labute approximate surface area is 238 Å². The molecule has 39 heavy (non-hydrogen) atoms. The number of hydrogen-bond acceptors (Lipinski definition) is 7. The third kappa shape index (κ3) is 4.95. The van der Waals surface area contributed by atoms with Gasteiger partial charge < -0.3 is 9.33 Å². The minimum Gasteiger partial charge on any atom is -0.408 e. The topological polar surface area (TPSA) is 74.9 Å². The maximum absolute atomic E-state index is 13.6. The van der Waals surface area contributed by atoms with Crippen molar-refractivity contribution in [3.63, 3.8) is 0 Å². The molecule has 1 unspecified atom stereocenters. The van der Waals surface area contributed by atoms with Crippen LogP contribution in [0.3, 0.4) is 0 Å². The number of nitriles is 1. The van der Waals surface area contributed by atoms with E-state index in [2.05, 4.69) is 39.9 Å². The largest absolute Gasteiger partial charge is 0.408 e. The first-order valence-electron chi connectivity index (χ1n) is 12.9. The van der Waals surface area contributed by atoms with Gasteiger partial charge in [-0.25, -0.2) is 19.3 Å². The summed E-state index contributed by atoms with van der Waals surface area (Å²) in [5.74, 6) is -0.337. The van der Waals surface area contributed by atoms with E-state index in [1.165, 1.54) is 23.5 Å². The summed E-state index contributed by atoms with van der Waals surface area (Å²) in [5, 5.41) is 11.0. The number of aromatic nitrogens is 3. The maximum Gasteiger partial charge on any atom is 0.192 e. The van der Waals surface area contributed by atoms with Gasteiger partial charge in [0.05, 0.1) is 23.0 Å². The summed E-state index contributed by atoms with van der Waals surface area (Å²) < 4.78 is 20.4. The SMILES string of the molecule is Cc1cc(Cl)nc2c(N(C)c3nc(-c4ccc(F)cc4)c(C#N)s3)c3c(nc12)C(O[Si](C)(C)C(C)(C)C)CC3. The molecule has 1 aliphatic carbocycles. The van der Waals surface area contributed by atoms with Crippen LogP contribution in [0.1, 0.15) is 55.0 Å². The first kappa shape index (κ1) is 27.7. The summed E-state index contributed by atoms with van der Waals surface area (Å²) in [6.07, 6.45) is 1.51. The predicted molar refractivity (Wildman–Crippen MR) is 159 cm³/mol. The number of rotatable bonds is 5. The number of halogens is 2. The Balaban J connectivity index is 1.67. The minimum atomic E-state index is -2.05. The zero-order chi connectivity index (χ0) is 28.3. The summed E-state index contributed by atoms with van der Waals surface area (Å²) in [5.41, 5.74) is 6.52. The standard InChI is InChI=1S/C29H31ClFN5OSSi/c1-16-14-22(30)33-26-23(16)34-25-19(12-13-20(25)37-39(6,7)29(2,3)4)27(26)36(5)28-35-24(21(15-32)38-28)17-8-10-18(31)11-9-17/h8-11,14,20H,12-13H2,1-7H3. The lowest BCUT2D eigenvalue weighted by atomic mass is 10.1.